The molecule has 1 aromatic heterocycles. The molecule has 3 heteroatoms. The number of hydrogen-bond donors (Lipinski definition) is 1. The molecule has 0 unspecified atom stereocenters. The van der Waals surface area contributed by atoms with Gasteiger partial charge in [0.1, 0.15) is 0 Å². The summed E-state index contributed by atoms with van der Waals surface area (Å²) in [6.07, 6.45) is 4.49. The number of anilines is 1. The molecule has 1 fully saturated rings. The van der Waals surface area contributed by atoms with E-state index in [1.54, 1.807) is 0 Å². The highest BCUT2D eigenvalue weighted by atomic mass is 15.1. The molecule has 0 atom stereocenters. The number of pyridine rings is 1. The summed E-state index contributed by atoms with van der Waals surface area (Å²) in [4.78, 5) is 6.97. The second-order valence-corrected chi connectivity index (χ2v) is 7.18. The third-order valence-electron chi connectivity index (χ3n) is 4.14. The molecule has 20 heavy (non-hydrogen) atoms. The second-order valence-electron chi connectivity index (χ2n) is 7.18. The van der Waals surface area contributed by atoms with Crippen molar-refractivity contribution >= 4 is 5.69 Å². The average Bonchev–Trinajstić information content (AvgIpc) is 2.38. The summed E-state index contributed by atoms with van der Waals surface area (Å²) in [5.41, 5.74) is 2.98. The van der Waals surface area contributed by atoms with Gasteiger partial charge in [0.05, 0.1) is 5.69 Å². The highest BCUT2D eigenvalue weighted by Crippen LogP contribution is 2.32. The van der Waals surface area contributed by atoms with Crippen LogP contribution in [0, 0.1) is 11.3 Å². The fraction of sp³-hybridized carbons (Fsp3) is 0.706. The molecule has 3 nitrogen and oxygen atoms in total. The molecule has 0 amide bonds. The number of aromatic nitrogens is 1. The molecule has 1 aliphatic rings. The molecule has 0 aromatic carbocycles. The van der Waals surface area contributed by atoms with Crippen molar-refractivity contribution in [3.8, 4) is 0 Å². The number of piperidine rings is 1. The summed E-state index contributed by atoms with van der Waals surface area (Å²) in [6.45, 7) is 13.4. The fourth-order valence-corrected chi connectivity index (χ4v) is 2.62. The van der Waals surface area contributed by atoms with Crippen LogP contribution in [0.2, 0.25) is 0 Å². The van der Waals surface area contributed by atoms with Gasteiger partial charge in [-0.3, -0.25) is 4.98 Å². The van der Waals surface area contributed by atoms with Crippen LogP contribution >= 0.6 is 0 Å². The van der Waals surface area contributed by atoms with E-state index in [1.165, 1.54) is 18.5 Å². The Balaban J connectivity index is 1.92. The SMILES string of the molecule is CC(C)CNCc1cc(N2CCC(C)(C)CC2)ccn1. The van der Waals surface area contributed by atoms with Crippen LogP contribution in [0.15, 0.2) is 18.3 Å². The Morgan fingerprint density at radius 2 is 2.00 bits per heavy atom. The van der Waals surface area contributed by atoms with Crippen molar-refractivity contribution in [2.24, 2.45) is 11.3 Å². The van der Waals surface area contributed by atoms with E-state index in [0.717, 1.165) is 31.9 Å². The zero-order chi connectivity index (χ0) is 14.6. The Bertz CT molecular complexity index is 416. The lowest BCUT2D eigenvalue weighted by molar-refractivity contribution is 0.280. The van der Waals surface area contributed by atoms with Gasteiger partial charge in [-0.1, -0.05) is 27.7 Å². The van der Waals surface area contributed by atoms with Gasteiger partial charge < -0.3 is 10.2 Å². The van der Waals surface area contributed by atoms with Crippen molar-refractivity contribution in [3.05, 3.63) is 24.0 Å². The highest BCUT2D eigenvalue weighted by Gasteiger charge is 2.25. The second kappa shape index (κ2) is 6.57. The Kier molecular flexibility index (Phi) is 5.03. The third-order valence-corrected chi connectivity index (χ3v) is 4.14. The monoisotopic (exact) mass is 275 g/mol. The Labute approximate surface area is 123 Å². The molecule has 1 aliphatic heterocycles. The minimum absolute atomic E-state index is 0.505. The summed E-state index contributed by atoms with van der Waals surface area (Å²) in [6, 6.07) is 4.38. The third kappa shape index (κ3) is 4.48. The molecule has 0 aliphatic carbocycles. The van der Waals surface area contributed by atoms with Crippen molar-refractivity contribution < 1.29 is 0 Å². The molecule has 112 valence electrons. The van der Waals surface area contributed by atoms with E-state index in [4.69, 9.17) is 0 Å². The van der Waals surface area contributed by atoms with Crippen molar-refractivity contribution in [2.75, 3.05) is 24.5 Å². The normalized spacial score (nSPS) is 18.6. The predicted octanol–water partition coefficient (Wildman–Crippen LogP) is 3.45. The fourth-order valence-electron chi connectivity index (χ4n) is 2.62. The first-order valence-corrected chi connectivity index (χ1v) is 7.87. The van der Waals surface area contributed by atoms with Gasteiger partial charge in [0, 0.05) is 31.5 Å². The van der Waals surface area contributed by atoms with E-state index in [-0.39, 0.29) is 0 Å². The lowest BCUT2D eigenvalue weighted by Gasteiger charge is -2.38. The smallest absolute Gasteiger partial charge is 0.0562 e. The van der Waals surface area contributed by atoms with Gasteiger partial charge in [-0.15, -0.1) is 0 Å². The molecule has 1 saturated heterocycles. The van der Waals surface area contributed by atoms with Crippen LogP contribution in [-0.4, -0.2) is 24.6 Å². The largest absolute Gasteiger partial charge is 0.371 e. The molecule has 1 N–H and O–H groups in total. The lowest BCUT2D eigenvalue weighted by Crippen LogP contribution is -2.37. The van der Waals surface area contributed by atoms with Crippen LogP contribution < -0.4 is 10.2 Å². The van der Waals surface area contributed by atoms with Crippen LogP contribution in [-0.2, 0) is 6.54 Å². The first-order chi connectivity index (χ1) is 9.46. The van der Waals surface area contributed by atoms with E-state index in [1.807, 2.05) is 6.20 Å². The first-order valence-electron chi connectivity index (χ1n) is 7.87. The minimum atomic E-state index is 0.505. The summed E-state index contributed by atoms with van der Waals surface area (Å²) < 4.78 is 0. The van der Waals surface area contributed by atoms with E-state index < -0.39 is 0 Å². The molecular weight excluding hydrogens is 246 g/mol. The molecule has 0 bridgehead atoms. The molecular formula is C17H29N3. The molecule has 2 heterocycles. The van der Waals surface area contributed by atoms with Crippen LogP contribution in [0.1, 0.15) is 46.2 Å². The average molecular weight is 275 g/mol. The first kappa shape index (κ1) is 15.3. The number of hydrogen-bond acceptors (Lipinski definition) is 3. The molecule has 0 saturated carbocycles. The Hall–Kier alpha value is -1.09. The van der Waals surface area contributed by atoms with Crippen LogP contribution in [0.5, 0.6) is 0 Å². The van der Waals surface area contributed by atoms with E-state index in [9.17, 15) is 0 Å². The van der Waals surface area contributed by atoms with Crippen molar-refractivity contribution in [3.63, 3.8) is 0 Å². The number of rotatable bonds is 5. The summed E-state index contributed by atoms with van der Waals surface area (Å²) in [7, 11) is 0. The molecule has 0 radical (unpaired) electrons. The van der Waals surface area contributed by atoms with Gasteiger partial charge in [0.2, 0.25) is 0 Å². The quantitative estimate of drug-likeness (QED) is 0.892. The topological polar surface area (TPSA) is 28.2 Å². The molecule has 2 rings (SSSR count). The summed E-state index contributed by atoms with van der Waals surface area (Å²) in [5, 5.41) is 3.46. The van der Waals surface area contributed by atoms with Crippen LogP contribution in [0.4, 0.5) is 5.69 Å². The van der Waals surface area contributed by atoms with Crippen LogP contribution in [0.25, 0.3) is 0 Å². The van der Waals surface area contributed by atoms with Gasteiger partial charge in [-0.05, 0) is 42.9 Å². The molecule has 0 spiro atoms. The maximum absolute atomic E-state index is 4.47. The van der Waals surface area contributed by atoms with Crippen molar-refractivity contribution in [1.29, 1.82) is 0 Å². The van der Waals surface area contributed by atoms with Gasteiger partial charge in [-0.25, -0.2) is 0 Å². The maximum Gasteiger partial charge on any atom is 0.0562 e. The van der Waals surface area contributed by atoms with Gasteiger partial charge in [0.15, 0.2) is 0 Å². The highest BCUT2D eigenvalue weighted by molar-refractivity contribution is 5.47. The van der Waals surface area contributed by atoms with Crippen LogP contribution in [0.3, 0.4) is 0 Å². The minimum Gasteiger partial charge on any atom is -0.371 e. The van der Waals surface area contributed by atoms with Gasteiger partial charge in [0.25, 0.3) is 0 Å². The summed E-state index contributed by atoms with van der Waals surface area (Å²) >= 11 is 0. The van der Waals surface area contributed by atoms with E-state index in [0.29, 0.717) is 11.3 Å². The van der Waals surface area contributed by atoms with Crippen molar-refractivity contribution in [2.45, 2.75) is 47.1 Å². The standard InChI is InChI=1S/C17H29N3/c1-14(2)12-18-13-15-11-16(5-8-19-15)20-9-6-17(3,4)7-10-20/h5,8,11,14,18H,6-7,9-10,12-13H2,1-4H3. The number of nitrogens with zero attached hydrogens (tertiary/aromatic N) is 2. The van der Waals surface area contributed by atoms with E-state index in [2.05, 4.69) is 55.0 Å². The lowest BCUT2D eigenvalue weighted by atomic mass is 9.82. The van der Waals surface area contributed by atoms with Gasteiger partial charge in [-0.2, -0.15) is 0 Å². The Morgan fingerprint density at radius 1 is 1.30 bits per heavy atom. The zero-order valence-corrected chi connectivity index (χ0v) is 13.4. The van der Waals surface area contributed by atoms with Gasteiger partial charge >= 0.3 is 0 Å². The molecule has 1 aromatic rings. The maximum atomic E-state index is 4.47. The zero-order valence-electron chi connectivity index (χ0n) is 13.4. The predicted molar refractivity (Wildman–Crippen MR) is 86.0 cm³/mol. The number of nitrogens with one attached hydrogen (secondary N) is 1. The Morgan fingerprint density at radius 3 is 2.65 bits per heavy atom. The van der Waals surface area contributed by atoms with Crippen molar-refractivity contribution in [1.82, 2.24) is 10.3 Å². The summed E-state index contributed by atoms with van der Waals surface area (Å²) in [5.74, 6) is 0.683. The van der Waals surface area contributed by atoms with E-state index >= 15 is 0 Å².